The van der Waals surface area contributed by atoms with Gasteiger partial charge in [-0.2, -0.15) is 5.10 Å². The smallest absolute Gasteiger partial charge is 0.249 e. The van der Waals surface area contributed by atoms with Gasteiger partial charge in [0.1, 0.15) is 11.6 Å². The molecule has 1 aromatic heterocycles. The van der Waals surface area contributed by atoms with E-state index >= 15 is 0 Å². The Bertz CT molecular complexity index is 603. The molecule has 5 nitrogen and oxygen atoms in total. The van der Waals surface area contributed by atoms with Gasteiger partial charge in [0.15, 0.2) is 0 Å². The summed E-state index contributed by atoms with van der Waals surface area (Å²) in [5.74, 6) is 0.322. The van der Waals surface area contributed by atoms with Crippen LogP contribution in [-0.4, -0.2) is 16.0 Å². The number of aromatic nitrogens is 2. The molecule has 0 radical (unpaired) electrons. The number of amidine groups is 1. The van der Waals surface area contributed by atoms with E-state index in [0.717, 1.165) is 0 Å². The lowest BCUT2D eigenvalue weighted by Gasteiger charge is -2.09. The van der Waals surface area contributed by atoms with E-state index in [1.54, 1.807) is 18.2 Å². The van der Waals surface area contributed by atoms with Crippen LogP contribution in [0.3, 0.4) is 0 Å². The van der Waals surface area contributed by atoms with Crippen LogP contribution in [0.2, 0.25) is 10.0 Å². The van der Waals surface area contributed by atoms with Gasteiger partial charge in [0.25, 0.3) is 0 Å². The van der Waals surface area contributed by atoms with Crippen molar-refractivity contribution in [3.05, 3.63) is 46.1 Å². The molecule has 3 N–H and O–H groups in total. The molecular weight excluding hydrogens is 275 g/mol. The van der Waals surface area contributed by atoms with Crippen molar-refractivity contribution < 1.29 is 4.74 Å². The molecule has 7 heteroatoms. The Morgan fingerprint density at radius 2 is 2.06 bits per heavy atom. The Labute approximate surface area is 113 Å². The molecule has 1 heterocycles. The van der Waals surface area contributed by atoms with Crippen molar-refractivity contribution in [2.75, 3.05) is 0 Å². The van der Waals surface area contributed by atoms with Crippen molar-refractivity contribution in [2.24, 2.45) is 5.73 Å². The quantitative estimate of drug-likeness (QED) is 0.670. The Balaban J connectivity index is 2.37. The molecule has 92 valence electrons. The Hall–Kier alpha value is -1.85. The lowest BCUT2D eigenvalue weighted by Crippen LogP contribution is -2.13. The van der Waals surface area contributed by atoms with Gasteiger partial charge in [0, 0.05) is 5.02 Å². The molecule has 0 fully saturated rings. The van der Waals surface area contributed by atoms with E-state index in [4.69, 9.17) is 39.1 Å². The number of halogens is 2. The molecule has 0 aliphatic rings. The van der Waals surface area contributed by atoms with Crippen LogP contribution in [0.4, 0.5) is 0 Å². The van der Waals surface area contributed by atoms with Gasteiger partial charge in [0.2, 0.25) is 5.88 Å². The molecule has 0 aliphatic heterocycles. The lowest BCUT2D eigenvalue weighted by atomic mass is 10.3. The summed E-state index contributed by atoms with van der Waals surface area (Å²) in [6.45, 7) is 0. The summed E-state index contributed by atoms with van der Waals surface area (Å²) in [6.07, 6.45) is 1.42. The highest BCUT2D eigenvalue weighted by Crippen LogP contribution is 2.31. The van der Waals surface area contributed by atoms with Crippen LogP contribution in [0.15, 0.2) is 30.5 Å². The summed E-state index contributed by atoms with van der Waals surface area (Å²) < 4.78 is 5.47. The van der Waals surface area contributed by atoms with E-state index in [2.05, 4.69) is 10.2 Å². The number of nitrogens with two attached hydrogens (primary N) is 1. The number of benzene rings is 1. The Kier molecular flexibility index (Phi) is 3.64. The SMILES string of the molecule is N=C(N)c1ccnnc1Oc1ccc(Cl)cc1Cl. The fraction of sp³-hybridized carbons (Fsp3) is 0. The minimum Gasteiger partial charge on any atom is -0.435 e. The fourth-order valence-electron chi connectivity index (χ4n) is 1.26. The van der Waals surface area contributed by atoms with Crippen LogP contribution in [0.1, 0.15) is 5.56 Å². The van der Waals surface area contributed by atoms with Gasteiger partial charge >= 0.3 is 0 Å². The summed E-state index contributed by atoms with van der Waals surface area (Å²) in [4.78, 5) is 0. The van der Waals surface area contributed by atoms with Crippen molar-refractivity contribution in [1.29, 1.82) is 5.41 Å². The van der Waals surface area contributed by atoms with E-state index in [9.17, 15) is 0 Å². The molecule has 0 spiro atoms. The van der Waals surface area contributed by atoms with Gasteiger partial charge in [-0.1, -0.05) is 23.2 Å². The molecule has 0 saturated carbocycles. The van der Waals surface area contributed by atoms with E-state index in [0.29, 0.717) is 21.4 Å². The van der Waals surface area contributed by atoms with E-state index in [1.807, 2.05) is 0 Å². The molecule has 2 aromatic rings. The lowest BCUT2D eigenvalue weighted by molar-refractivity contribution is 0.454. The Morgan fingerprint density at radius 3 is 2.72 bits per heavy atom. The van der Waals surface area contributed by atoms with E-state index in [-0.39, 0.29) is 11.7 Å². The van der Waals surface area contributed by atoms with Gasteiger partial charge < -0.3 is 10.5 Å². The van der Waals surface area contributed by atoms with Crippen LogP contribution in [0.25, 0.3) is 0 Å². The maximum Gasteiger partial charge on any atom is 0.249 e. The number of hydrogen-bond donors (Lipinski definition) is 2. The highest BCUT2D eigenvalue weighted by atomic mass is 35.5. The van der Waals surface area contributed by atoms with Gasteiger partial charge in [-0.05, 0) is 24.3 Å². The van der Waals surface area contributed by atoms with E-state index < -0.39 is 0 Å². The number of nitrogens with one attached hydrogen (secondary N) is 1. The molecule has 0 amide bonds. The molecule has 0 aliphatic carbocycles. The monoisotopic (exact) mass is 282 g/mol. The van der Waals surface area contributed by atoms with Crippen LogP contribution >= 0.6 is 23.2 Å². The zero-order chi connectivity index (χ0) is 13.1. The van der Waals surface area contributed by atoms with Crippen molar-refractivity contribution >= 4 is 29.0 Å². The average Bonchev–Trinajstić information content (AvgIpc) is 2.33. The number of nitrogens with zero attached hydrogens (tertiary/aromatic N) is 2. The second-order valence-electron chi connectivity index (χ2n) is 3.34. The van der Waals surface area contributed by atoms with Crippen molar-refractivity contribution in [1.82, 2.24) is 10.2 Å². The maximum atomic E-state index is 7.41. The normalized spacial score (nSPS) is 10.1. The molecule has 1 aromatic carbocycles. The molecule has 0 atom stereocenters. The van der Waals surface area contributed by atoms with Gasteiger partial charge in [-0.3, -0.25) is 5.41 Å². The van der Waals surface area contributed by atoms with E-state index in [1.165, 1.54) is 12.3 Å². The number of hydrogen-bond acceptors (Lipinski definition) is 4. The third-order valence-corrected chi connectivity index (χ3v) is 2.61. The predicted octanol–water partition coefficient (Wildman–Crippen LogP) is 2.86. The molecule has 0 saturated heterocycles. The molecule has 18 heavy (non-hydrogen) atoms. The standard InChI is InChI=1S/C11H8Cl2N4O/c12-6-1-2-9(8(13)5-6)18-11-7(10(14)15)3-4-16-17-11/h1-5H,(H3,14,15). The minimum atomic E-state index is -0.162. The fourth-order valence-corrected chi connectivity index (χ4v) is 1.71. The van der Waals surface area contributed by atoms with Crippen molar-refractivity contribution in [3.8, 4) is 11.6 Å². The zero-order valence-electron chi connectivity index (χ0n) is 9.02. The van der Waals surface area contributed by atoms with Gasteiger partial charge in [0.05, 0.1) is 16.8 Å². The first-order valence-electron chi connectivity index (χ1n) is 4.87. The third kappa shape index (κ3) is 2.69. The molecule has 0 bridgehead atoms. The largest absolute Gasteiger partial charge is 0.435 e. The van der Waals surface area contributed by atoms with Crippen LogP contribution in [-0.2, 0) is 0 Å². The predicted molar refractivity (Wildman–Crippen MR) is 69.6 cm³/mol. The second-order valence-corrected chi connectivity index (χ2v) is 4.18. The minimum absolute atomic E-state index is 0.120. The first-order chi connectivity index (χ1) is 8.58. The maximum absolute atomic E-state index is 7.41. The third-order valence-electron chi connectivity index (χ3n) is 2.08. The Morgan fingerprint density at radius 1 is 1.28 bits per heavy atom. The van der Waals surface area contributed by atoms with Crippen molar-refractivity contribution in [2.45, 2.75) is 0 Å². The van der Waals surface area contributed by atoms with Crippen LogP contribution in [0, 0.1) is 5.41 Å². The van der Waals surface area contributed by atoms with Crippen LogP contribution < -0.4 is 10.5 Å². The van der Waals surface area contributed by atoms with Gasteiger partial charge in [-0.25, -0.2) is 0 Å². The van der Waals surface area contributed by atoms with Crippen LogP contribution in [0.5, 0.6) is 11.6 Å². The average molecular weight is 283 g/mol. The number of ether oxygens (including phenoxy) is 1. The number of rotatable bonds is 3. The second kappa shape index (κ2) is 5.20. The molecular formula is C11H8Cl2N4O. The molecule has 0 unspecified atom stereocenters. The summed E-state index contributed by atoms with van der Waals surface area (Å²) in [5, 5.41) is 15.7. The highest BCUT2D eigenvalue weighted by molar-refractivity contribution is 6.35. The molecule has 2 rings (SSSR count). The zero-order valence-corrected chi connectivity index (χ0v) is 10.5. The number of nitrogen functional groups attached to an aromatic ring is 1. The van der Waals surface area contributed by atoms with Gasteiger partial charge in [-0.15, -0.1) is 5.10 Å². The highest BCUT2D eigenvalue weighted by Gasteiger charge is 2.11. The first-order valence-corrected chi connectivity index (χ1v) is 5.62. The first kappa shape index (κ1) is 12.6. The summed E-state index contributed by atoms with van der Waals surface area (Å²) >= 11 is 11.7. The van der Waals surface area contributed by atoms with Crippen molar-refractivity contribution in [3.63, 3.8) is 0 Å². The summed E-state index contributed by atoms with van der Waals surface area (Å²) in [6, 6.07) is 6.31. The summed E-state index contributed by atoms with van der Waals surface area (Å²) in [5.41, 5.74) is 5.76. The topological polar surface area (TPSA) is 84.9 Å². The summed E-state index contributed by atoms with van der Waals surface area (Å²) in [7, 11) is 0.